The van der Waals surface area contributed by atoms with Crippen molar-refractivity contribution in [3.05, 3.63) is 0 Å². The molecule has 4 rings (SSSR count). The number of hydrogen-bond donors (Lipinski definition) is 7. The number of carboxylic acids is 2. The molecule has 4 aliphatic carbocycles. The molecule has 0 unspecified atom stereocenters. The number of carbonyl (C=O) groups is 2. The normalized spacial score (nSPS) is 37.5. The standard InChI is InChI=1S/C24H40O4.C2HCl3O2.H3O4P.H2O.2O.W/c1-14(4-9-22(27)28)18-7-8-19-17-6-5-15-12-16(25)10-11-23(15,2)20(17)13-21(26)24(18,19)3;3-2(4,5)1(6)7;1-5(2,3)4;;;;/h14-21,25-26H,4-13H2,1-3H3,(H,27,28);(H,6,7);(H3,1,2,3,4);1H2;;;/q;;;;;;+2/p-2/t14-,15-,16-,17+,18-,19+,20+,21+,23+,24-;;;;;;/m1....../s1. The first-order chi connectivity index (χ1) is 19.8. The van der Waals surface area contributed by atoms with E-state index in [-0.39, 0.29) is 29.5 Å². The van der Waals surface area contributed by atoms with Gasteiger partial charge in [-0.1, -0.05) is 55.6 Å². The number of rotatable bonds is 6. The summed E-state index contributed by atoms with van der Waals surface area (Å²) >= 11 is 8.20. The molecule has 0 heterocycles. The van der Waals surface area contributed by atoms with E-state index < -0.39 is 40.3 Å². The Hall–Kier alpha value is 0.0883. The van der Waals surface area contributed by atoms with Crippen molar-refractivity contribution in [1.29, 1.82) is 0 Å². The van der Waals surface area contributed by atoms with Crippen molar-refractivity contribution in [3.8, 4) is 0 Å². The number of aliphatic hydroxyl groups is 2. The van der Waals surface area contributed by atoms with Gasteiger partial charge in [-0.3, -0.25) is 4.79 Å². The summed E-state index contributed by atoms with van der Waals surface area (Å²) in [6.07, 6.45) is 9.26. The van der Waals surface area contributed by atoms with Gasteiger partial charge in [-0.25, -0.2) is 4.79 Å². The first-order valence-electron chi connectivity index (χ1n) is 14.4. The van der Waals surface area contributed by atoms with Crippen molar-refractivity contribution in [1.82, 2.24) is 0 Å². The Morgan fingerprint density at radius 3 is 2.02 bits per heavy atom. The van der Waals surface area contributed by atoms with Gasteiger partial charge in [0, 0.05) is 6.42 Å². The number of fused-ring (bicyclic) bond motifs is 5. The van der Waals surface area contributed by atoms with Gasteiger partial charge in [0.2, 0.25) is 0 Å². The molecule has 0 aromatic heterocycles. The maximum atomic E-state index is 11.5. The number of hydrogen-bond acceptors (Lipinski definition) is 8. The zero-order valence-electron chi connectivity index (χ0n) is 24.8. The Morgan fingerprint density at radius 1 is 1.00 bits per heavy atom. The summed E-state index contributed by atoms with van der Waals surface area (Å²) in [6, 6.07) is 0. The van der Waals surface area contributed by atoms with Crippen LogP contribution in [0.3, 0.4) is 0 Å². The van der Waals surface area contributed by atoms with Crippen LogP contribution in [0.1, 0.15) is 85.0 Å². The van der Waals surface area contributed by atoms with Gasteiger partial charge in [0.1, 0.15) is 0 Å². The molecule has 0 radical (unpaired) electrons. The van der Waals surface area contributed by atoms with Crippen molar-refractivity contribution >= 4 is 54.6 Å². The van der Waals surface area contributed by atoms with Gasteiger partial charge < -0.3 is 20.4 Å². The zero-order valence-corrected chi connectivity index (χ0v) is 30.9. The summed E-state index contributed by atoms with van der Waals surface area (Å²) in [5.41, 5.74) is 0.216. The van der Waals surface area contributed by atoms with E-state index in [4.69, 9.17) is 58.6 Å². The number of alkyl halides is 3. The van der Waals surface area contributed by atoms with Gasteiger partial charge in [-0.2, -0.15) is 0 Å². The molecule has 4 saturated carbocycles. The second-order valence-corrected chi connectivity index (χ2v) is 21.2. The zero-order chi connectivity index (χ0) is 34.1. The van der Waals surface area contributed by atoms with Crippen LogP contribution in [0.15, 0.2) is 0 Å². The van der Waals surface area contributed by atoms with E-state index in [0.717, 1.165) is 38.5 Å². The molecular formula is C26H44Cl3O13PW. The van der Waals surface area contributed by atoms with Gasteiger partial charge in [0.25, 0.3) is 3.79 Å². The van der Waals surface area contributed by atoms with E-state index in [0.29, 0.717) is 35.5 Å². The van der Waals surface area contributed by atoms with Gasteiger partial charge in [-0.05, 0) is 104 Å². The summed E-state index contributed by atoms with van der Waals surface area (Å²) < 4.78 is 37.4. The maximum absolute atomic E-state index is 11.5. The average Bonchev–Trinajstić information content (AvgIpc) is 3.20. The van der Waals surface area contributed by atoms with Crippen LogP contribution in [0, 0.1) is 46.3 Å². The Balaban J connectivity index is 0.000000349. The predicted molar refractivity (Wildman–Crippen MR) is 153 cm³/mol. The second-order valence-electron chi connectivity index (χ2n) is 13.1. The molecule has 0 spiro atoms. The summed E-state index contributed by atoms with van der Waals surface area (Å²) in [5, 5.41) is 38.6. The molecule has 258 valence electrons. The second kappa shape index (κ2) is 15.1. The van der Waals surface area contributed by atoms with E-state index in [1.54, 1.807) is 0 Å². The first-order valence-corrected chi connectivity index (χ1v) is 22.0. The molecule has 10 atom stereocenters. The Morgan fingerprint density at radius 2 is 1.57 bits per heavy atom. The predicted octanol–water partition coefficient (Wildman–Crippen LogP) is 4.68. The fourth-order valence-electron chi connectivity index (χ4n) is 8.84. The van der Waals surface area contributed by atoms with Crippen molar-refractivity contribution in [2.75, 3.05) is 0 Å². The molecule has 4 fully saturated rings. The van der Waals surface area contributed by atoms with Crippen LogP contribution in [0.4, 0.5) is 0 Å². The van der Waals surface area contributed by atoms with Crippen LogP contribution in [0.5, 0.6) is 0 Å². The van der Waals surface area contributed by atoms with Crippen molar-refractivity contribution in [2.24, 2.45) is 46.3 Å². The van der Waals surface area contributed by atoms with E-state index in [1.807, 2.05) is 0 Å². The van der Waals surface area contributed by atoms with Crippen LogP contribution in [-0.4, -0.2) is 61.9 Å². The fourth-order valence-corrected chi connectivity index (χ4v) is 11.7. The molecule has 0 aliphatic heterocycles. The monoisotopic (exact) mass is 884 g/mol. The molecule has 0 aromatic carbocycles. The van der Waals surface area contributed by atoms with E-state index in [1.165, 1.54) is 19.3 Å². The summed E-state index contributed by atoms with van der Waals surface area (Å²) in [5.74, 6) is 1.09. The number of phosphoric acid groups is 1. The molecule has 0 saturated heterocycles. The molecule has 44 heavy (non-hydrogen) atoms. The van der Waals surface area contributed by atoms with Crippen molar-refractivity contribution < 1.29 is 74.8 Å². The molecule has 0 aromatic rings. The third kappa shape index (κ3) is 10.3. The van der Waals surface area contributed by atoms with E-state index in [9.17, 15) is 31.2 Å². The molecule has 0 amide bonds. The molecular weight excluding hydrogens is 841 g/mol. The summed E-state index contributed by atoms with van der Waals surface area (Å²) in [4.78, 5) is 36.2. The minimum atomic E-state index is -6.19. The van der Waals surface area contributed by atoms with E-state index in [2.05, 4.69) is 23.9 Å². The van der Waals surface area contributed by atoms with Gasteiger partial charge >= 0.3 is 64.6 Å². The first kappa shape index (κ1) is 40.3. The van der Waals surface area contributed by atoms with Crippen LogP contribution in [-0.2, 0) is 40.9 Å². The number of aliphatic carboxylic acids is 2. The van der Waals surface area contributed by atoms with Crippen molar-refractivity contribution in [2.45, 2.75) is 101 Å². The Bertz CT molecular complexity index is 1180. The van der Waals surface area contributed by atoms with Gasteiger partial charge in [0.15, 0.2) is 0 Å². The Kier molecular flexibility index (Phi) is 13.8. The van der Waals surface area contributed by atoms with Gasteiger partial charge in [0.05, 0.1) is 12.2 Å². The number of halogens is 3. The molecule has 18 heteroatoms. The average molecular weight is 886 g/mol. The van der Waals surface area contributed by atoms with Crippen molar-refractivity contribution in [3.63, 3.8) is 0 Å². The molecule has 4 aliphatic rings. The third-order valence-electron chi connectivity index (χ3n) is 10.8. The summed E-state index contributed by atoms with van der Waals surface area (Å²) in [6.45, 7) is 6.99. The molecule has 7 N–H and O–H groups in total. The quantitative estimate of drug-likeness (QED) is 0.142. The molecule has 13 nitrogen and oxygen atoms in total. The molecule has 0 bridgehead atoms. The fraction of sp³-hybridized carbons (Fsp3) is 0.923. The van der Waals surface area contributed by atoms with E-state index >= 15 is 0 Å². The van der Waals surface area contributed by atoms with Gasteiger partial charge in [-0.15, -0.1) is 0 Å². The SMILES string of the molecule is C[C@H](CCC(=O)O)[C@H]1CC[C@H]2[C@@H]3CC[C@@H]4C[C@H](O)CC[C@]4(C)[C@H]3C[C@H](O)[C@]12C.O=C(O)C(Cl)(Cl)Cl.O=P(O)(O)[O][W](=[O])(=[O])[OH]. The van der Waals surface area contributed by atoms with Crippen LogP contribution in [0.2, 0.25) is 0 Å². The third-order valence-corrected chi connectivity index (χ3v) is 15.7. The number of carboxylic acid groups (broad SMARTS) is 2. The van der Waals surface area contributed by atoms with Crippen LogP contribution >= 0.6 is 42.6 Å². The summed E-state index contributed by atoms with van der Waals surface area (Å²) in [7, 11) is -5.07. The Labute approximate surface area is 275 Å². The van der Waals surface area contributed by atoms with Crippen LogP contribution < -0.4 is 0 Å². The number of aliphatic hydroxyl groups excluding tert-OH is 2. The topological polar surface area (TPSA) is 236 Å². The minimum absolute atomic E-state index is 0.0591. The van der Waals surface area contributed by atoms with Crippen LogP contribution in [0.25, 0.3) is 0 Å².